The Balaban J connectivity index is 1.85. The third-order valence-electron chi connectivity index (χ3n) is 4.65. The molecule has 28 heavy (non-hydrogen) atoms. The molecule has 0 spiro atoms. The predicted molar refractivity (Wildman–Crippen MR) is 112 cm³/mol. The number of aryl methyl sites for hydroxylation is 1. The molecule has 0 unspecified atom stereocenters. The number of amides is 4. The molecule has 3 rings (SSSR count). The largest absolute Gasteiger partial charge is 0.378 e. The van der Waals surface area contributed by atoms with E-state index in [1.54, 1.807) is 26.2 Å². The lowest BCUT2D eigenvalue weighted by Gasteiger charge is -2.13. The van der Waals surface area contributed by atoms with Crippen LogP contribution in [0.2, 0.25) is 0 Å². The molecule has 0 aliphatic heterocycles. The molecule has 0 radical (unpaired) electrons. The van der Waals surface area contributed by atoms with Gasteiger partial charge in [0.05, 0.1) is 5.56 Å². The molecular formula is C20H24N4O3S. The number of nitrogens with one attached hydrogen (secondary N) is 2. The van der Waals surface area contributed by atoms with E-state index < -0.39 is 11.9 Å². The first-order valence-corrected chi connectivity index (χ1v) is 9.85. The van der Waals surface area contributed by atoms with Crippen LogP contribution in [0.3, 0.4) is 0 Å². The number of anilines is 2. The van der Waals surface area contributed by atoms with E-state index in [1.807, 2.05) is 31.1 Å². The van der Waals surface area contributed by atoms with Crippen molar-refractivity contribution in [2.45, 2.75) is 19.3 Å². The van der Waals surface area contributed by atoms with E-state index in [2.05, 4.69) is 10.6 Å². The highest BCUT2D eigenvalue weighted by atomic mass is 32.1. The number of imide groups is 1. The van der Waals surface area contributed by atoms with Gasteiger partial charge in [-0.3, -0.25) is 14.9 Å². The van der Waals surface area contributed by atoms with Crippen molar-refractivity contribution in [1.82, 2.24) is 10.2 Å². The van der Waals surface area contributed by atoms with Gasteiger partial charge in [-0.05, 0) is 49.1 Å². The smallest absolute Gasteiger partial charge is 0.323 e. The highest BCUT2D eigenvalue weighted by molar-refractivity contribution is 7.17. The van der Waals surface area contributed by atoms with Gasteiger partial charge >= 0.3 is 6.03 Å². The van der Waals surface area contributed by atoms with Gasteiger partial charge in [0.15, 0.2) is 0 Å². The summed E-state index contributed by atoms with van der Waals surface area (Å²) in [6.07, 6.45) is 2.64. The van der Waals surface area contributed by atoms with Crippen molar-refractivity contribution in [3.05, 3.63) is 45.8 Å². The van der Waals surface area contributed by atoms with Crippen LogP contribution >= 0.6 is 11.3 Å². The lowest BCUT2D eigenvalue weighted by Crippen LogP contribution is -2.39. The SMILES string of the molecule is CN(C)C(=O)NC(=O)c1c(NC(=O)c2ccc(N(C)C)cc2)sc2c1CCC2. The van der Waals surface area contributed by atoms with Crippen molar-refractivity contribution in [1.29, 1.82) is 0 Å². The Morgan fingerprint density at radius 3 is 2.25 bits per heavy atom. The summed E-state index contributed by atoms with van der Waals surface area (Å²) in [5, 5.41) is 5.75. The van der Waals surface area contributed by atoms with Gasteiger partial charge in [-0.2, -0.15) is 0 Å². The van der Waals surface area contributed by atoms with Crippen LogP contribution in [0.25, 0.3) is 0 Å². The number of urea groups is 1. The average Bonchev–Trinajstić information content (AvgIpc) is 3.22. The third kappa shape index (κ3) is 4.01. The molecule has 0 bridgehead atoms. The summed E-state index contributed by atoms with van der Waals surface area (Å²) >= 11 is 1.42. The quantitative estimate of drug-likeness (QED) is 0.827. The number of thiophene rings is 1. The van der Waals surface area contributed by atoms with Gasteiger partial charge in [0, 0.05) is 44.3 Å². The maximum Gasteiger partial charge on any atom is 0.323 e. The van der Waals surface area contributed by atoms with Crippen molar-refractivity contribution in [2.24, 2.45) is 0 Å². The van der Waals surface area contributed by atoms with E-state index in [0.29, 0.717) is 16.1 Å². The van der Waals surface area contributed by atoms with Crippen molar-refractivity contribution in [2.75, 3.05) is 38.4 Å². The Labute approximate surface area is 168 Å². The molecule has 2 aromatic rings. The summed E-state index contributed by atoms with van der Waals surface area (Å²) in [5.74, 6) is -0.755. The molecule has 0 saturated heterocycles. The zero-order chi connectivity index (χ0) is 20.4. The first-order valence-electron chi connectivity index (χ1n) is 9.04. The average molecular weight is 401 g/mol. The molecule has 1 aliphatic rings. The first-order chi connectivity index (χ1) is 13.3. The molecule has 0 fully saturated rings. The van der Waals surface area contributed by atoms with Gasteiger partial charge in [-0.15, -0.1) is 11.3 Å². The molecule has 4 amide bonds. The zero-order valence-corrected chi connectivity index (χ0v) is 17.3. The van der Waals surface area contributed by atoms with Crippen LogP contribution < -0.4 is 15.5 Å². The van der Waals surface area contributed by atoms with Gasteiger partial charge in [-0.1, -0.05) is 0 Å². The minimum Gasteiger partial charge on any atom is -0.378 e. The Hall–Kier alpha value is -2.87. The van der Waals surface area contributed by atoms with Gasteiger partial charge in [-0.25, -0.2) is 4.79 Å². The summed E-state index contributed by atoms with van der Waals surface area (Å²) in [6.45, 7) is 0. The molecular weight excluding hydrogens is 376 g/mol. The second-order valence-electron chi connectivity index (χ2n) is 7.11. The number of benzene rings is 1. The third-order valence-corrected chi connectivity index (χ3v) is 5.86. The molecule has 7 nitrogen and oxygen atoms in total. The number of fused-ring (bicyclic) bond motifs is 1. The Morgan fingerprint density at radius 2 is 1.64 bits per heavy atom. The Kier molecular flexibility index (Phi) is 5.69. The van der Waals surface area contributed by atoms with Crippen molar-refractivity contribution in [3.63, 3.8) is 0 Å². The molecule has 1 heterocycles. The molecule has 148 valence electrons. The summed E-state index contributed by atoms with van der Waals surface area (Å²) in [7, 11) is 7.01. The molecule has 1 aliphatic carbocycles. The molecule has 8 heteroatoms. The number of nitrogens with zero attached hydrogens (tertiary/aromatic N) is 2. The van der Waals surface area contributed by atoms with Crippen LogP contribution in [-0.4, -0.2) is 50.9 Å². The van der Waals surface area contributed by atoms with Crippen LogP contribution in [0.5, 0.6) is 0 Å². The second-order valence-corrected chi connectivity index (χ2v) is 8.22. The van der Waals surface area contributed by atoms with Crippen LogP contribution in [0, 0.1) is 0 Å². The van der Waals surface area contributed by atoms with E-state index in [-0.39, 0.29) is 5.91 Å². The fourth-order valence-corrected chi connectivity index (χ4v) is 4.37. The second kappa shape index (κ2) is 8.02. The summed E-state index contributed by atoms with van der Waals surface area (Å²) in [4.78, 5) is 41.7. The minimum atomic E-state index is -0.487. The van der Waals surface area contributed by atoms with Gasteiger partial charge in [0.1, 0.15) is 5.00 Å². The first kappa shape index (κ1) is 19.9. The topological polar surface area (TPSA) is 81.8 Å². The van der Waals surface area contributed by atoms with Gasteiger partial charge in [0.2, 0.25) is 0 Å². The molecule has 0 saturated carbocycles. The van der Waals surface area contributed by atoms with Crippen molar-refractivity contribution >= 4 is 39.9 Å². The maximum absolute atomic E-state index is 12.7. The monoisotopic (exact) mass is 400 g/mol. The lowest BCUT2D eigenvalue weighted by molar-refractivity contribution is 0.0957. The maximum atomic E-state index is 12.7. The van der Waals surface area contributed by atoms with Crippen LogP contribution in [0.15, 0.2) is 24.3 Å². The number of carbonyl (C=O) groups excluding carboxylic acids is 3. The number of hydrogen-bond acceptors (Lipinski definition) is 5. The molecule has 0 atom stereocenters. The van der Waals surface area contributed by atoms with Crippen LogP contribution in [0.4, 0.5) is 15.5 Å². The van der Waals surface area contributed by atoms with E-state index in [4.69, 9.17) is 0 Å². The highest BCUT2D eigenvalue weighted by Crippen LogP contribution is 2.39. The fraction of sp³-hybridized carbons (Fsp3) is 0.350. The Morgan fingerprint density at radius 1 is 0.964 bits per heavy atom. The van der Waals surface area contributed by atoms with Crippen molar-refractivity contribution < 1.29 is 14.4 Å². The van der Waals surface area contributed by atoms with Gasteiger partial charge in [0.25, 0.3) is 11.8 Å². The van der Waals surface area contributed by atoms with E-state index in [9.17, 15) is 14.4 Å². The van der Waals surface area contributed by atoms with E-state index >= 15 is 0 Å². The molecule has 1 aromatic carbocycles. The number of carbonyl (C=O) groups is 3. The Bertz CT molecular complexity index is 916. The summed E-state index contributed by atoms with van der Waals surface area (Å²) in [6, 6.07) is 6.75. The predicted octanol–water partition coefficient (Wildman–Crippen LogP) is 2.97. The van der Waals surface area contributed by atoms with Gasteiger partial charge < -0.3 is 15.1 Å². The standard InChI is InChI=1S/C20H24N4O3S/c1-23(2)13-10-8-12(9-11-13)17(25)21-19-16(14-6-5-7-15(14)28-19)18(26)22-20(27)24(3)4/h8-11H,5-7H2,1-4H3,(H,21,25)(H,22,26,27). The summed E-state index contributed by atoms with van der Waals surface area (Å²) < 4.78 is 0. The zero-order valence-electron chi connectivity index (χ0n) is 16.5. The lowest BCUT2D eigenvalue weighted by atomic mass is 10.1. The van der Waals surface area contributed by atoms with Crippen LogP contribution in [-0.2, 0) is 12.8 Å². The summed E-state index contributed by atoms with van der Waals surface area (Å²) in [5.41, 5.74) is 2.85. The fourth-order valence-electron chi connectivity index (χ4n) is 3.09. The van der Waals surface area contributed by atoms with E-state index in [1.165, 1.54) is 16.2 Å². The number of rotatable bonds is 4. The highest BCUT2D eigenvalue weighted by Gasteiger charge is 2.28. The minimum absolute atomic E-state index is 0.279. The van der Waals surface area contributed by atoms with Crippen LogP contribution in [0.1, 0.15) is 37.6 Å². The normalized spacial score (nSPS) is 12.3. The van der Waals surface area contributed by atoms with E-state index in [0.717, 1.165) is 35.4 Å². The van der Waals surface area contributed by atoms with Crippen molar-refractivity contribution in [3.8, 4) is 0 Å². The molecule has 1 aromatic heterocycles. The number of hydrogen-bond donors (Lipinski definition) is 2. The molecule has 2 N–H and O–H groups in total.